The summed E-state index contributed by atoms with van der Waals surface area (Å²) in [5.74, 6) is 0.637. The number of fused-ring (bicyclic) bond motifs is 1. The molecule has 6 heteroatoms. The molecule has 0 amide bonds. The molecule has 0 aliphatic carbocycles. The Morgan fingerprint density at radius 3 is 3.00 bits per heavy atom. The van der Waals surface area contributed by atoms with Crippen LogP contribution in [-0.2, 0) is 20.0 Å². The number of nitrogens with zero attached hydrogens (tertiary/aromatic N) is 3. The molecule has 0 aliphatic rings. The number of aromatic nitrogens is 3. The first-order valence-corrected chi connectivity index (χ1v) is 6.98. The van der Waals surface area contributed by atoms with Gasteiger partial charge in [-0.3, -0.25) is 4.57 Å². The fourth-order valence-electron chi connectivity index (χ4n) is 2.10. The van der Waals surface area contributed by atoms with Gasteiger partial charge >= 0.3 is 5.76 Å². The standard InChI is InChI=1S/C13H12IN3O2/c1-16-7-5-15-12(16)4-6-17-10-3-2-9(14)8-11(10)19-13(17)18/h2-3,5,7-8H,4,6H2,1H3. The molecule has 0 fully saturated rings. The Labute approximate surface area is 123 Å². The topological polar surface area (TPSA) is 53.0 Å². The normalized spacial score (nSPS) is 11.3. The van der Waals surface area contributed by atoms with E-state index < -0.39 is 0 Å². The van der Waals surface area contributed by atoms with Crippen molar-refractivity contribution in [2.24, 2.45) is 7.05 Å². The number of benzene rings is 1. The summed E-state index contributed by atoms with van der Waals surface area (Å²) in [6.07, 6.45) is 4.35. The van der Waals surface area contributed by atoms with E-state index in [9.17, 15) is 4.79 Å². The van der Waals surface area contributed by atoms with Crippen LogP contribution in [-0.4, -0.2) is 14.1 Å². The van der Waals surface area contributed by atoms with Crippen LogP contribution >= 0.6 is 22.6 Å². The number of imidazole rings is 1. The van der Waals surface area contributed by atoms with E-state index >= 15 is 0 Å². The Morgan fingerprint density at radius 1 is 1.42 bits per heavy atom. The average Bonchev–Trinajstić information content (AvgIpc) is 2.90. The molecular weight excluding hydrogens is 357 g/mol. The number of hydrogen-bond donors (Lipinski definition) is 0. The van der Waals surface area contributed by atoms with Crippen molar-refractivity contribution >= 4 is 33.7 Å². The minimum atomic E-state index is -0.314. The van der Waals surface area contributed by atoms with Crippen LogP contribution in [0.3, 0.4) is 0 Å². The van der Waals surface area contributed by atoms with Gasteiger partial charge in [0.1, 0.15) is 5.82 Å². The molecule has 0 bridgehead atoms. The zero-order chi connectivity index (χ0) is 13.4. The van der Waals surface area contributed by atoms with Crippen molar-refractivity contribution in [1.29, 1.82) is 0 Å². The van der Waals surface area contributed by atoms with Crippen molar-refractivity contribution in [1.82, 2.24) is 14.1 Å². The maximum absolute atomic E-state index is 11.9. The monoisotopic (exact) mass is 369 g/mol. The zero-order valence-electron chi connectivity index (χ0n) is 10.3. The molecule has 0 spiro atoms. The van der Waals surface area contributed by atoms with Gasteiger partial charge in [-0.2, -0.15) is 0 Å². The molecule has 0 saturated carbocycles. The summed E-state index contributed by atoms with van der Waals surface area (Å²) in [6, 6.07) is 5.75. The van der Waals surface area contributed by atoms with E-state index in [1.54, 1.807) is 10.8 Å². The highest BCUT2D eigenvalue weighted by atomic mass is 127. The van der Waals surface area contributed by atoms with E-state index in [-0.39, 0.29) is 5.76 Å². The van der Waals surface area contributed by atoms with E-state index in [0.29, 0.717) is 18.5 Å². The lowest BCUT2D eigenvalue weighted by Gasteiger charge is -2.03. The van der Waals surface area contributed by atoms with Crippen molar-refractivity contribution in [3.05, 3.63) is 50.5 Å². The summed E-state index contributed by atoms with van der Waals surface area (Å²) in [6.45, 7) is 0.567. The molecule has 2 heterocycles. The van der Waals surface area contributed by atoms with E-state index in [4.69, 9.17) is 4.42 Å². The summed E-state index contributed by atoms with van der Waals surface area (Å²) in [5, 5.41) is 0. The van der Waals surface area contributed by atoms with Gasteiger partial charge in [0.2, 0.25) is 0 Å². The minimum Gasteiger partial charge on any atom is -0.408 e. The quantitative estimate of drug-likeness (QED) is 0.665. The summed E-state index contributed by atoms with van der Waals surface area (Å²) in [4.78, 5) is 16.1. The first-order chi connectivity index (χ1) is 9.15. The smallest absolute Gasteiger partial charge is 0.408 e. The Bertz CT molecular complexity index is 785. The molecule has 98 valence electrons. The highest BCUT2D eigenvalue weighted by Gasteiger charge is 2.10. The summed E-state index contributed by atoms with van der Waals surface area (Å²) in [5.41, 5.74) is 1.47. The van der Waals surface area contributed by atoms with E-state index in [0.717, 1.165) is 14.9 Å². The third-order valence-corrected chi connectivity index (χ3v) is 3.78. The lowest BCUT2D eigenvalue weighted by molar-refractivity contribution is 0.501. The van der Waals surface area contributed by atoms with Gasteiger partial charge in [-0.05, 0) is 40.8 Å². The van der Waals surface area contributed by atoms with E-state index in [1.165, 1.54) is 0 Å². The Hall–Kier alpha value is -1.57. The number of hydrogen-bond acceptors (Lipinski definition) is 3. The van der Waals surface area contributed by atoms with Gasteiger partial charge in [0.15, 0.2) is 5.58 Å². The van der Waals surface area contributed by atoms with Crippen molar-refractivity contribution < 1.29 is 4.42 Å². The average molecular weight is 369 g/mol. The first-order valence-electron chi connectivity index (χ1n) is 5.90. The van der Waals surface area contributed by atoms with Crippen molar-refractivity contribution in [3.63, 3.8) is 0 Å². The van der Waals surface area contributed by atoms with Gasteiger partial charge < -0.3 is 8.98 Å². The third-order valence-electron chi connectivity index (χ3n) is 3.11. The molecular formula is C13H12IN3O2. The molecule has 0 N–H and O–H groups in total. The molecule has 1 aromatic carbocycles. The Balaban J connectivity index is 1.95. The molecule has 3 aromatic rings. The van der Waals surface area contributed by atoms with Gasteiger partial charge in [0.05, 0.1) is 5.52 Å². The van der Waals surface area contributed by atoms with Crippen LogP contribution in [0.1, 0.15) is 5.82 Å². The SMILES string of the molecule is Cn1ccnc1CCn1c(=O)oc2cc(I)ccc21. The largest absolute Gasteiger partial charge is 0.419 e. The molecule has 0 unspecified atom stereocenters. The van der Waals surface area contributed by atoms with Crippen LogP contribution in [0.15, 0.2) is 39.8 Å². The maximum atomic E-state index is 11.9. The van der Waals surface area contributed by atoms with Crippen LogP contribution in [0.4, 0.5) is 0 Å². The summed E-state index contributed by atoms with van der Waals surface area (Å²) >= 11 is 2.20. The van der Waals surface area contributed by atoms with Gasteiger partial charge in [0, 0.05) is 36.0 Å². The molecule has 0 atom stereocenters. The maximum Gasteiger partial charge on any atom is 0.419 e. The molecule has 0 saturated heterocycles. The van der Waals surface area contributed by atoms with E-state index in [2.05, 4.69) is 27.6 Å². The predicted molar refractivity (Wildman–Crippen MR) is 80.1 cm³/mol. The fraction of sp³-hybridized carbons (Fsp3) is 0.231. The molecule has 3 rings (SSSR count). The fourth-order valence-corrected chi connectivity index (χ4v) is 2.56. The minimum absolute atomic E-state index is 0.314. The van der Waals surface area contributed by atoms with E-state index in [1.807, 2.05) is 36.0 Å². The van der Waals surface area contributed by atoms with Crippen LogP contribution in [0.25, 0.3) is 11.1 Å². The van der Waals surface area contributed by atoms with Crippen molar-refractivity contribution in [2.45, 2.75) is 13.0 Å². The number of rotatable bonds is 3. The lowest BCUT2D eigenvalue weighted by Crippen LogP contribution is -2.16. The van der Waals surface area contributed by atoms with Gasteiger partial charge in [-0.25, -0.2) is 9.78 Å². The van der Waals surface area contributed by atoms with Gasteiger partial charge in [-0.15, -0.1) is 0 Å². The lowest BCUT2D eigenvalue weighted by atomic mass is 10.3. The van der Waals surface area contributed by atoms with Crippen LogP contribution in [0, 0.1) is 3.57 Å². The molecule has 2 aromatic heterocycles. The highest BCUT2D eigenvalue weighted by molar-refractivity contribution is 14.1. The van der Waals surface area contributed by atoms with Gasteiger partial charge in [0.25, 0.3) is 0 Å². The van der Waals surface area contributed by atoms with Crippen molar-refractivity contribution in [2.75, 3.05) is 0 Å². The molecule has 19 heavy (non-hydrogen) atoms. The Morgan fingerprint density at radius 2 is 2.26 bits per heavy atom. The van der Waals surface area contributed by atoms with Gasteiger partial charge in [-0.1, -0.05) is 0 Å². The third kappa shape index (κ3) is 2.32. The number of oxazole rings is 1. The highest BCUT2D eigenvalue weighted by Crippen LogP contribution is 2.16. The van der Waals surface area contributed by atoms with Crippen LogP contribution in [0.2, 0.25) is 0 Å². The van der Waals surface area contributed by atoms with Crippen molar-refractivity contribution in [3.8, 4) is 0 Å². The second kappa shape index (κ2) is 4.84. The summed E-state index contributed by atoms with van der Waals surface area (Å²) < 4.78 is 9.91. The molecule has 5 nitrogen and oxygen atoms in total. The number of aryl methyl sites for hydroxylation is 3. The van der Waals surface area contributed by atoms with Crippen LogP contribution in [0.5, 0.6) is 0 Å². The second-order valence-corrected chi connectivity index (χ2v) is 5.58. The van der Waals surface area contributed by atoms with Crippen LogP contribution < -0.4 is 5.76 Å². The zero-order valence-corrected chi connectivity index (χ0v) is 12.5. The Kier molecular flexibility index (Phi) is 3.17. The summed E-state index contributed by atoms with van der Waals surface area (Å²) in [7, 11) is 1.95. The first kappa shape index (κ1) is 12.5. The second-order valence-electron chi connectivity index (χ2n) is 4.34. The molecule has 0 aliphatic heterocycles. The predicted octanol–water partition coefficient (Wildman–Crippen LogP) is 2.18. The number of halogens is 1. The molecule has 0 radical (unpaired) electrons.